The molecule has 2 unspecified atom stereocenters. The summed E-state index contributed by atoms with van der Waals surface area (Å²) in [5, 5.41) is 11.4. The van der Waals surface area contributed by atoms with Crippen molar-refractivity contribution in [3.05, 3.63) is 72.5 Å². The second-order valence-corrected chi connectivity index (χ2v) is 8.57. The number of hydrazone groups is 1. The topological polar surface area (TPSA) is 101 Å². The van der Waals surface area contributed by atoms with Crippen LogP contribution in [-0.4, -0.2) is 40.8 Å². The Morgan fingerprint density at radius 1 is 1.15 bits per heavy atom. The van der Waals surface area contributed by atoms with E-state index in [1.54, 1.807) is 0 Å². The number of hydrogen-bond donors (Lipinski definition) is 3. The molecule has 1 aliphatic carbocycles. The Balaban J connectivity index is 1.43. The summed E-state index contributed by atoms with van der Waals surface area (Å²) in [5.74, 6) is 1.93. The lowest BCUT2D eigenvalue weighted by Crippen LogP contribution is -2.34. The number of rotatable bonds is 7. The fourth-order valence-electron chi connectivity index (χ4n) is 3.94. The molecule has 0 bridgehead atoms. The molecule has 2 aliphatic rings. The van der Waals surface area contributed by atoms with Crippen molar-refractivity contribution in [3.8, 4) is 17.1 Å². The molecule has 172 valence electrons. The molecule has 8 nitrogen and oxygen atoms in total. The van der Waals surface area contributed by atoms with E-state index in [1.807, 2.05) is 74.7 Å². The monoisotopic (exact) mass is 454 g/mol. The van der Waals surface area contributed by atoms with Crippen LogP contribution in [0.15, 0.2) is 77.6 Å². The minimum Gasteiger partial charge on any atom is -0.484 e. The molecule has 2 aromatic carbocycles. The van der Waals surface area contributed by atoms with Gasteiger partial charge >= 0.3 is 0 Å². The number of carbonyl (C=O) groups excluding carboxylic acids is 1. The molecule has 1 aromatic heterocycles. The smallest absolute Gasteiger partial charge is 0.258 e. The van der Waals surface area contributed by atoms with Gasteiger partial charge in [0.15, 0.2) is 12.4 Å². The van der Waals surface area contributed by atoms with Crippen LogP contribution in [0, 0.1) is 5.92 Å². The highest BCUT2D eigenvalue weighted by Gasteiger charge is 2.23. The highest BCUT2D eigenvalue weighted by Crippen LogP contribution is 2.29. The summed E-state index contributed by atoms with van der Waals surface area (Å²) in [6, 6.07) is 15.6. The predicted molar refractivity (Wildman–Crippen MR) is 133 cm³/mol. The van der Waals surface area contributed by atoms with Crippen molar-refractivity contribution >= 4 is 28.8 Å². The molecule has 1 aliphatic heterocycles. The average molecular weight is 455 g/mol. The first-order chi connectivity index (χ1) is 16.5. The molecular formula is C26H26N6O2. The molecule has 1 amide bonds. The van der Waals surface area contributed by atoms with Crippen LogP contribution in [0.25, 0.3) is 22.3 Å². The minimum absolute atomic E-state index is 0.0478. The van der Waals surface area contributed by atoms with Gasteiger partial charge in [0.05, 0.1) is 11.6 Å². The normalized spacial score (nSPS) is 18.4. The van der Waals surface area contributed by atoms with Crippen molar-refractivity contribution in [1.82, 2.24) is 20.7 Å². The van der Waals surface area contributed by atoms with Gasteiger partial charge in [0.1, 0.15) is 11.6 Å². The molecule has 0 spiro atoms. The fraction of sp³-hybridized carbons (Fsp3) is 0.231. The zero-order valence-electron chi connectivity index (χ0n) is 19.0. The van der Waals surface area contributed by atoms with Crippen molar-refractivity contribution < 1.29 is 9.53 Å². The maximum Gasteiger partial charge on any atom is 0.258 e. The maximum atomic E-state index is 11.9. The third-order valence-corrected chi connectivity index (χ3v) is 5.52. The van der Waals surface area contributed by atoms with E-state index in [-0.39, 0.29) is 30.5 Å². The van der Waals surface area contributed by atoms with E-state index in [0.29, 0.717) is 11.6 Å². The first-order valence-corrected chi connectivity index (χ1v) is 11.3. The Labute approximate surface area is 197 Å². The van der Waals surface area contributed by atoms with Gasteiger partial charge in [0.2, 0.25) is 0 Å². The van der Waals surface area contributed by atoms with Crippen molar-refractivity contribution in [2.75, 3.05) is 11.9 Å². The van der Waals surface area contributed by atoms with E-state index in [4.69, 9.17) is 14.7 Å². The number of fused-ring (bicyclic) bond motifs is 2. The van der Waals surface area contributed by atoms with Crippen LogP contribution in [-0.2, 0) is 4.79 Å². The van der Waals surface area contributed by atoms with Gasteiger partial charge in [0, 0.05) is 34.8 Å². The molecule has 0 saturated heterocycles. The van der Waals surface area contributed by atoms with Crippen molar-refractivity contribution in [2.45, 2.75) is 25.9 Å². The van der Waals surface area contributed by atoms with Crippen LogP contribution < -0.4 is 20.8 Å². The van der Waals surface area contributed by atoms with Gasteiger partial charge in [-0.15, -0.1) is 0 Å². The number of aromatic nitrogens is 2. The number of para-hydroxylation sites is 1. The highest BCUT2D eigenvalue weighted by atomic mass is 16.5. The molecule has 0 saturated carbocycles. The van der Waals surface area contributed by atoms with Crippen molar-refractivity contribution in [2.24, 2.45) is 11.0 Å². The van der Waals surface area contributed by atoms with Crippen molar-refractivity contribution in [3.63, 3.8) is 0 Å². The standard InChI is InChI=1S/C26H26N6O2/c1-16(2)28-24(33)15-34-20-7-5-6-17(13-20)25-30-23-9-4-3-8-21(23)26(31-25)29-19-10-11-22-18(12-19)14-27-32-22/h3-14,16,18,22,32H,15H2,1-2H3,(H,28,33)(H,29,30,31). The Morgan fingerprint density at radius 2 is 2.03 bits per heavy atom. The molecule has 2 heterocycles. The van der Waals surface area contributed by atoms with E-state index < -0.39 is 0 Å². The Hall–Kier alpha value is -4.20. The summed E-state index contributed by atoms with van der Waals surface area (Å²) in [4.78, 5) is 21.6. The van der Waals surface area contributed by atoms with Gasteiger partial charge in [0.25, 0.3) is 5.91 Å². The van der Waals surface area contributed by atoms with E-state index in [1.165, 1.54) is 0 Å². The summed E-state index contributed by atoms with van der Waals surface area (Å²) in [7, 11) is 0. The number of nitrogens with zero attached hydrogens (tertiary/aromatic N) is 3. The summed E-state index contributed by atoms with van der Waals surface area (Å²) < 4.78 is 5.69. The second-order valence-electron chi connectivity index (χ2n) is 8.57. The second kappa shape index (κ2) is 9.35. The molecular weight excluding hydrogens is 428 g/mol. The highest BCUT2D eigenvalue weighted by molar-refractivity contribution is 5.91. The molecule has 3 aromatic rings. The summed E-state index contributed by atoms with van der Waals surface area (Å²) in [6.07, 6.45) is 8.18. The first kappa shape index (κ1) is 21.6. The number of anilines is 1. The maximum absolute atomic E-state index is 11.9. The van der Waals surface area contributed by atoms with Crippen LogP contribution in [0.4, 0.5) is 5.82 Å². The van der Waals surface area contributed by atoms with Crippen molar-refractivity contribution in [1.29, 1.82) is 0 Å². The number of allylic oxidation sites excluding steroid dienone is 1. The average Bonchev–Trinajstić information content (AvgIpc) is 3.30. The van der Waals surface area contributed by atoms with Gasteiger partial charge in [-0.25, -0.2) is 9.97 Å². The zero-order valence-corrected chi connectivity index (χ0v) is 19.0. The van der Waals surface area contributed by atoms with Crippen LogP contribution in [0.5, 0.6) is 5.75 Å². The molecule has 3 N–H and O–H groups in total. The SMILES string of the molecule is CC(C)NC(=O)COc1cccc(-c2nc(NC3=CC4C=NNC4C=C3)c3ccccc3n2)c1. The van der Waals surface area contributed by atoms with Crippen LogP contribution in [0.1, 0.15) is 13.8 Å². The molecule has 0 radical (unpaired) electrons. The van der Waals surface area contributed by atoms with Crippen LogP contribution in [0.3, 0.4) is 0 Å². The number of nitrogens with one attached hydrogen (secondary N) is 3. The van der Waals surface area contributed by atoms with E-state index in [9.17, 15) is 4.79 Å². The van der Waals surface area contributed by atoms with Crippen LogP contribution in [0.2, 0.25) is 0 Å². The van der Waals surface area contributed by atoms with Gasteiger partial charge in [-0.3, -0.25) is 4.79 Å². The number of amides is 1. The Kier molecular flexibility index (Phi) is 5.95. The Bertz CT molecular complexity index is 1310. The lowest BCUT2D eigenvalue weighted by molar-refractivity contribution is -0.123. The predicted octanol–water partition coefficient (Wildman–Crippen LogP) is 3.64. The summed E-state index contributed by atoms with van der Waals surface area (Å²) in [5.41, 5.74) is 5.68. The Morgan fingerprint density at radius 3 is 2.91 bits per heavy atom. The molecule has 2 atom stereocenters. The quantitative estimate of drug-likeness (QED) is 0.504. The number of hydrogen-bond acceptors (Lipinski definition) is 7. The minimum atomic E-state index is -0.160. The summed E-state index contributed by atoms with van der Waals surface area (Å²) in [6.45, 7) is 3.78. The molecule has 34 heavy (non-hydrogen) atoms. The van der Waals surface area contributed by atoms with Gasteiger partial charge in [-0.2, -0.15) is 5.10 Å². The number of ether oxygens (including phenoxy) is 1. The van der Waals surface area contributed by atoms with E-state index >= 15 is 0 Å². The number of benzene rings is 2. The molecule has 8 heteroatoms. The van der Waals surface area contributed by atoms with Gasteiger partial charge in [-0.05, 0) is 50.3 Å². The lowest BCUT2D eigenvalue weighted by Gasteiger charge is -2.19. The third-order valence-electron chi connectivity index (χ3n) is 5.52. The lowest BCUT2D eigenvalue weighted by atomic mass is 9.96. The zero-order chi connectivity index (χ0) is 23.5. The van der Waals surface area contributed by atoms with Crippen LogP contribution >= 0.6 is 0 Å². The largest absolute Gasteiger partial charge is 0.484 e. The summed E-state index contributed by atoms with van der Waals surface area (Å²) >= 11 is 0. The van der Waals surface area contributed by atoms with E-state index in [0.717, 1.165) is 28.0 Å². The third kappa shape index (κ3) is 4.76. The van der Waals surface area contributed by atoms with Gasteiger partial charge in [-0.1, -0.05) is 30.3 Å². The number of carbonyl (C=O) groups is 1. The fourth-order valence-corrected chi connectivity index (χ4v) is 3.94. The first-order valence-electron chi connectivity index (χ1n) is 11.3. The molecule has 0 fully saturated rings. The molecule has 5 rings (SSSR count). The van der Waals surface area contributed by atoms with Gasteiger partial charge < -0.3 is 20.8 Å². The van der Waals surface area contributed by atoms with E-state index in [2.05, 4.69) is 33.3 Å².